The summed E-state index contributed by atoms with van der Waals surface area (Å²) in [6.45, 7) is 4.25. The number of halogens is 3. The van der Waals surface area contributed by atoms with Gasteiger partial charge in [0.15, 0.2) is 11.5 Å². The molecule has 1 amide bonds. The smallest absolute Gasteiger partial charge is 0.375 e. The quantitative estimate of drug-likeness (QED) is 0.405. The average Bonchev–Trinajstić information content (AvgIpc) is 3.61. The molecule has 2 fully saturated rings. The summed E-state index contributed by atoms with van der Waals surface area (Å²) in [7, 11) is 1.72. The van der Waals surface area contributed by atoms with Crippen molar-refractivity contribution in [3.63, 3.8) is 0 Å². The van der Waals surface area contributed by atoms with E-state index in [1.165, 1.54) is 6.20 Å². The van der Waals surface area contributed by atoms with E-state index in [1.807, 2.05) is 25.3 Å². The molecule has 5 heterocycles. The third-order valence-electron chi connectivity index (χ3n) is 6.97. The number of carbonyl (C=O) groups is 1. The Bertz CT molecular complexity index is 1540. The number of amides is 1. The number of carbonyl (C=O) groups excluding carboxylic acids is 1. The Morgan fingerprint density at radius 2 is 2.03 bits per heavy atom. The van der Waals surface area contributed by atoms with Gasteiger partial charge in [-0.2, -0.15) is 13.2 Å². The van der Waals surface area contributed by atoms with E-state index in [4.69, 9.17) is 4.74 Å². The number of pyridine rings is 3. The molecule has 4 aromatic rings. The second-order valence-electron chi connectivity index (χ2n) is 9.62. The summed E-state index contributed by atoms with van der Waals surface area (Å²) in [6.07, 6.45) is 0.610. The van der Waals surface area contributed by atoms with Crippen molar-refractivity contribution in [1.29, 1.82) is 0 Å². The molecule has 6 rings (SSSR count). The molecular formula is C25H25F3N8O2. The highest BCUT2D eigenvalue weighted by molar-refractivity contribution is 6.03. The maximum absolute atomic E-state index is 12.9. The highest BCUT2D eigenvalue weighted by atomic mass is 19.4. The standard InChI is InChI=1S/C25H25F3N8O2/c1-13-11-35(5-6-38-13)14-3-4-21-33-23(34-36(21)12-14)18-10-31-22(29-2)17-9-30-20(8-15(17)18)32-24(37)16-7-19(16)25(26,27)28/h3-4,8-10,12-13,16,19H,5-7,11H2,1-2H3,(H,29,31)(H,30,32,37)/t13-,16-,19+/m0/s1. The molecule has 0 bridgehead atoms. The van der Waals surface area contributed by atoms with Crippen LogP contribution in [0.5, 0.6) is 0 Å². The zero-order chi connectivity index (χ0) is 26.6. The maximum Gasteiger partial charge on any atom is 0.392 e. The van der Waals surface area contributed by atoms with E-state index < -0.39 is 23.9 Å². The summed E-state index contributed by atoms with van der Waals surface area (Å²) >= 11 is 0. The molecule has 1 aliphatic carbocycles. The minimum atomic E-state index is -4.38. The fraction of sp³-hybridized carbons (Fsp3) is 0.400. The molecule has 0 unspecified atom stereocenters. The van der Waals surface area contributed by atoms with Crippen molar-refractivity contribution < 1.29 is 22.7 Å². The lowest BCUT2D eigenvalue weighted by atomic mass is 10.1. The third-order valence-corrected chi connectivity index (χ3v) is 6.97. The molecular weight excluding hydrogens is 501 g/mol. The molecule has 13 heteroatoms. The van der Waals surface area contributed by atoms with E-state index in [-0.39, 0.29) is 18.3 Å². The van der Waals surface area contributed by atoms with Gasteiger partial charge in [0.25, 0.3) is 0 Å². The van der Waals surface area contributed by atoms with E-state index in [1.54, 1.807) is 23.8 Å². The highest BCUT2D eigenvalue weighted by Crippen LogP contribution is 2.50. The molecule has 1 aliphatic heterocycles. The van der Waals surface area contributed by atoms with Gasteiger partial charge in [-0.1, -0.05) is 0 Å². The predicted molar refractivity (Wildman–Crippen MR) is 135 cm³/mol. The summed E-state index contributed by atoms with van der Waals surface area (Å²) in [5.74, 6) is -2.27. The number of rotatable bonds is 5. The number of fused-ring (bicyclic) bond motifs is 2. The van der Waals surface area contributed by atoms with Crippen LogP contribution in [0.15, 0.2) is 36.8 Å². The van der Waals surface area contributed by atoms with Crippen LogP contribution in [0.3, 0.4) is 0 Å². The fourth-order valence-electron chi connectivity index (χ4n) is 4.87. The van der Waals surface area contributed by atoms with Crippen molar-refractivity contribution >= 4 is 39.6 Å². The normalized spacial score (nSPS) is 21.6. The van der Waals surface area contributed by atoms with Crippen molar-refractivity contribution in [2.24, 2.45) is 11.8 Å². The van der Waals surface area contributed by atoms with E-state index in [2.05, 4.69) is 35.6 Å². The van der Waals surface area contributed by atoms with Crippen LogP contribution in [-0.2, 0) is 9.53 Å². The van der Waals surface area contributed by atoms with Crippen LogP contribution < -0.4 is 15.5 Å². The van der Waals surface area contributed by atoms with Crippen LogP contribution in [0.25, 0.3) is 27.8 Å². The van der Waals surface area contributed by atoms with Gasteiger partial charge in [-0.15, -0.1) is 5.10 Å². The monoisotopic (exact) mass is 526 g/mol. The molecule has 0 spiro atoms. The maximum atomic E-state index is 12.9. The molecule has 3 atom stereocenters. The molecule has 2 aliphatic rings. The van der Waals surface area contributed by atoms with Gasteiger partial charge < -0.3 is 20.3 Å². The molecule has 1 saturated carbocycles. The van der Waals surface area contributed by atoms with E-state index >= 15 is 0 Å². The minimum absolute atomic E-state index is 0.136. The topological polar surface area (TPSA) is 110 Å². The number of anilines is 3. The Labute approximate surface area is 215 Å². The van der Waals surface area contributed by atoms with Crippen molar-refractivity contribution in [2.75, 3.05) is 42.3 Å². The second kappa shape index (κ2) is 9.08. The van der Waals surface area contributed by atoms with Crippen molar-refractivity contribution in [2.45, 2.75) is 25.6 Å². The van der Waals surface area contributed by atoms with Crippen LogP contribution in [0.2, 0.25) is 0 Å². The largest absolute Gasteiger partial charge is 0.392 e. The molecule has 1 saturated heterocycles. The SMILES string of the molecule is CNc1ncc(-c2nc3ccc(N4CCO[C@@H](C)C4)cn3n2)c2cc(NC(=O)[C@H]3C[C@H]3C(F)(F)F)ncc12. The molecule has 2 N–H and O–H groups in total. The molecule has 0 aromatic carbocycles. The number of ether oxygens (including phenoxy) is 1. The van der Waals surface area contributed by atoms with Crippen molar-refractivity contribution in [1.82, 2.24) is 24.6 Å². The lowest BCUT2D eigenvalue weighted by Gasteiger charge is -2.32. The Balaban J connectivity index is 1.34. The zero-order valence-corrected chi connectivity index (χ0v) is 20.7. The van der Waals surface area contributed by atoms with Gasteiger partial charge in [0.2, 0.25) is 5.91 Å². The lowest BCUT2D eigenvalue weighted by Crippen LogP contribution is -2.41. The number of aromatic nitrogens is 5. The summed E-state index contributed by atoms with van der Waals surface area (Å²) < 4.78 is 46.1. The van der Waals surface area contributed by atoms with Gasteiger partial charge in [0.1, 0.15) is 11.6 Å². The molecule has 10 nitrogen and oxygen atoms in total. The van der Waals surface area contributed by atoms with Gasteiger partial charge >= 0.3 is 6.18 Å². The number of hydrogen-bond donors (Lipinski definition) is 2. The summed E-state index contributed by atoms with van der Waals surface area (Å²) in [6, 6.07) is 5.50. The first-order valence-corrected chi connectivity index (χ1v) is 12.3. The first-order valence-electron chi connectivity index (χ1n) is 12.3. The van der Waals surface area contributed by atoms with Crippen LogP contribution in [-0.4, -0.2) is 69.5 Å². The first kappa shape index (κ1) is 24.3. The van der Waals surface area contributed by atoms with Crippen LogP contribution in [0, 0.1) is 11.8 Å². The van der Waals surface area contributed by atoms with Gasteiger partial charge in [0.05, 0.1) is 36.4 Å². The highest BCUT2D eigenvalue weighted by Gasteiger charge is 2.58. The lowest BCUT2D eigenvalue weighted by molar-refractivity contribution is -0.153. The molecule has 0 radical (unpaired) electrons. The Hall–Kier alpha value is -4.00. The second-order valence-corrected chi connectivity index (χ2v) is 9.62. The van der Waals surface area contributed by atoms with E-state index in [0.29, 0.717) is 40.2 Å². The number of hydrogen-bond acceptors (Lipinski definition) is 8. The molecule has 4 aromatic heterocycles. The van der Waals surface area contributed by atoms with Gasteiger partial charge in [-0.05, 0) is 31.5 Å². The van der Waals surface area contributed by atoms with E-state index in [9.17, 15) is 18.0 Å². The fourth-order valence-corrected chi connectivity index (χ4v) is 4.87. The summed E-state index contributed by atoms with van der Waals surface area (Å²) in [5, 5.41) is 11.5. The van der Waals surface area contributed by atoms with Crippen LogP contribution in [0.4, 0.5) is 30.5 Å². The van der Waals surface area contributed by atoms with E-state index in [0.717, 1.165) is 18.8 Å². The summed E-state index contributed by atoms with van der Waals surface area (Å²) in [5.41, 5.74) is 2.25. The van der Waals surface area contributed by atoms with Gasteiger partial charge in [0, 0.05) is 48.9 Å². The number of nitrogens with one attached hydrogen (secondary N) is 2. The Kier molecular flexibility index (Phi) is 5.82. The Morgan fingerprint density at radius 3 is 2.76 bits per heavy atom. The first-order chi connectivity index (χ1) is 18.2. The van der Waals surface area contributed by atoms with Gasteiger partial charge in [-0.3, -0.25) is 4.79 Å². The average molecular weight is 527 g/mol. The molecule has 198 valence electrons. The van der Waals surface area contributed by atoms with Crippen molar-refractivity contribution in [3.8, 4) is 11.4 Å². The minimum Gasteiger partial charge on any atom is -0.375 e. The predicted octanol–water partition coefficient (Wildman–Crippen LogP) is 3.74. The van der Waals surface area contributed by atoms with Gasteiger partial charge in [-0.25, -0.2) is 19.5 Å². The van der Waals surface area contributed by atoms with Crippen LogP contribution in [0.1, 0.15) is 13.3 Å². The van der Waals surface area contributed by atoms with Crippen LogP contribution >= 0.6 is 0 Å². The van der Waals surface area contributed by atoms with Crippen molar-refractivity contribution in [3.05, 3.63) is 36.8 Å². The zero-order valence-electron chi connectivity index (χ0n) is 20.7. The Morgan fingerprint density at radius 1 is 1.18 bits per heavy atom. The third kappa shape index (κ3) is 4.46. The number of morpholine rings is 1. The number of nitrogens with zero attached hydrogens (tertiary/aromatic N) is 6. The molecule has 38 heavy (non-hydrogen) atoms. The number of alkyl halides is 3. The summed E-state index contributed by atoms with van der Waals surface area (Å²) in [4.78, 5) is 28.0.